The standard InChI is InChI=1S/C17H19BrN2O4S/c1-12-10-13(18)4-9-16(12)24-11-17(21)19-14-5-7-15(8-6-14)25(22,23)20(2)3/h4-10H,11H2,1-3H3,(H,19,21). The number of benzene rings is 2. The third-order valence-electron chi connectivity index (χ3n) is 3.41. The van der Waals surface area contributed by atoms with Gasteiger partial charge in [0.25, 0.3) is 5.91 Å². The third kappa shape index (κ3) is 5.04. The molecule has 2 aromatic carbocycles. The monoisotopic (exact) mass is 426 g/mol. The van der Waals surface area contributed by atoms with Crippen LogP contribution in [0.2, 0.25) is 0 Å². The van der Waals surface area contributed by atoms with Crippen LogP contribution in [0.3, 0.4) is 0 Å². The van der Waals surface area contributed by atoms with E-state index in [0.29, 0.717) is 11.4 Å². The van der Waals surface area contributed by atoms with Gasteiger partial charge >= 0.3 is 0 Å². The van der Waals surface area contributed by atoms with E-state index in [4.69, 9.17) is 4.74 Å². The Morgan fingerprint density at radius 2 is 1.80 bits per heavy atom. The molecule has 8 heteroatoms. The topological polar surface area (TPSA) is 75.7 Å². The first kappa shape index (κ1) is 19.4. The summed E-state index contributed by atoms with van der Waals surface area (Å²) >= 11 is 3.37. The van der Waals surface area contributed by atoms with E-state index in [9.17, 15) is 13.2 Å². The molecule has 2 aromatic rings. The molecule has 0 unspecified atom stereocenters. The highest BCUT2D eigenvalue weighted by molar-refractivity contribution is 9.10. The molecule has 0 bridgehead atoms. The molecule has 0 aromatic heterocycles. The van der Waals surface area contributed by atoms with Gasteiger partial charge in [0.1, 0.15) is 5.75 Å². The predicted octanol–water partition coefficient (Wildman–Crippen LogP) is 3.03. The molecule has 2 rings (SSSR count). The maximum Gasteiger partial charge on any atom is 0.262 e. The zero-order valence-corrected chi connectivity index (χ0v) is 16.5. The molecule has 1 N–H and O–H groups in total. The summed E-state index contributed by atoms with van der Waals surface area (Å²) in [4.78, 5) is 12.1. The highest BCUT2D eigenvalue weighted by Gasteiger charge is 2.16. The van der Waals surface area contributed by atoms with Crippen LogP contribution in [0.4, 0.5) is 5.69 Å². The first-order chi connectivity index (χ1) is 11.7. The van der Waals surface area contributed by atoms with Crippen molar-refractivity contribution in [2.45, 2.75) is 11.8 Å². The van der Waals surface area contributed by atoms with Crippen molar-refractivity contribution in [3.8, 4) is 5.75 Å². The molecule has 0 aliphatic heterocycles. The fourth-order valence-electron chi connectivity index (χ4n) is 2.04. The van der Waals surface area contributed by atoms with Crippen molar-refractivity contribution in [1.82, 2.24) is 4.31 Å². The molecule has 6 nitrogen and oxygen atoms in total. The van der Waals surface area contributed by atoms with Crippen molar-refractivity contribution in [3.05, 3.63) is 52.5 Å². The molecule has 134 valence electrons. The summed E-state index contributed by atoms with van der Waals surface area (Å²) < 4.78 is 31.6. The summed E-state index contributed by atoms with van der Waals surface area (Å²) in [5, 5.41) is 2.67. The first-order valence-electron chi connectivity index (χ1n) is 7.41. The second kappa shape index (κ2) is 7.99. The second-order valence-corrected chi connectivity index (χ2v) is 8.63. The quantitative estimate of drug-likeness (QED) is 0.769. The number of aryl methyl sites for hydroxylation is 1. The van der Waals surface area contributed by atoms with Crippen LogP contribution in [0.5, 0.6) is 5.75 Å². The lowest BCUT2D eigenvalue weighted by atomic mass is 10.2. The minimum atomic E-state index is -3.48. The van der Waals surface area contributed by atoms with Gasteiger partial charge in [-0.05, 0) is 55.0 Å². The fourth-order valence-corrected chi connectivity index (χ4v) is 3.41. The molecular formula is C17H19BrN2O4S. The van der Waals surface area contributed by atoms with E-state index in [1.54, 1.807) is 18.2 Å². The Morgan fingerprint density at radius 3 is 2.36 bits per heavy atom. The Balaban J connectivity index is 1.97. The number of rotatable bonds is 6. The molecule has 0 aliphatic carbocycles. The van der Waals surface area contributed by atoms with Crippen LogP contribution >= 0.6 is 15.9 Å². The third-order valence-corrected chi connectivity index (χ3v) is 5.73. The summed E-state index contributed by atoms with van der Waals surface area (Å²) in [5.74, 6) is 0.302. The normalized spacial score (nSPS) is 11.4. The number of hydrogen-bond donors (Lipinski definition) is 1. The Labute approximate surface area is 156 Å². The van der Waals surface area contributed by atoms with Crippen LogP contribution in [0, 0.1) is 6.92 Å². The van der Waals surface area contributed by atoms with Crippen molar-refractivity contribution in [3.63, 3.8) is 0 Å². The molecule has 0 heterocycles. The largest absolute Gasteiger partial charge is 0.483 e. The van der Waals surface area contributed by atoms with E-state index in [-0.39, 0.29) is 17.4 Å². The number of anilines is 1. The molecule has 0 atom stereocenters. The van der Waals surface area contributed by atoms with Crippen LogP contribution < -0.4 is 10.1 Å². The number of ether oxygens (including phenoxy) is 1. The van der Waals surface area contributed by atoms with E-state index in [0.717, 1.165) is 14.3 Å². The molecule has 0 aliphatic rings. The molecule has 25 heavy (non-hydrogen) atoms. The number of halogens is 1. The Hall–Kier alpha value is -1.90. The van der Waals surface area contributed by atoms with E-state index in [1.807, 2.05) is 19.1 Å². The number of carbonyl (C=O) groups is 1. The first-order valence-corrected chi connectivity index (χ1v) is 9.65. The molecular weight excluding hydrogens is 408 g/mol. The van der Waals surface area contributed by atoms with Gasteiger partial charge in [-0.15, -0.1) is 0 Å². The average molecular weight is 427 g/mol. The minimum absolute atomic E-state index is 0.139. The lowest BCUT2D eigenvalue weighted by Crippen LogP contribution is -2.22. The van der Waals surface area contributed by atoms with Gasteiger partial charge < -0.3 is 10.1 Å². The molecule has 0 radical (unpaired) electrons. The van der Waals surface area contributed by atoms with Crippen molar-refractivity contribution in [2.24, 2.45) is 0 Å². The summed E-state index contributed by atoms with van der Waals surface area (Å²) in [6.07, 6.45) is 0. The van der Waals surface area contributed by atoms with E-state index < -0.39 is 10.0 Å². The Morgan fingerprint density at radius 1 is 1.16 bits per heavy atom. The van der Waals surface area contributed by atoms with Crippen molar-refractivity contribution < 1.29 is 17.9 Å². The second-order valence-electron chi connectivity index (χ2n) is 5.56. The SMILES string of the molecule is Cc1cc(Br)ccc1OCC(=O)Nc1ccc(S(=O)(=O)N(C)C)cc1. The van der Waals surface area contributed by atoms with Crippen molar-refractivity contribution in [2.75, 3.05) is 26.0 Å². The highest BCUT2D eigenvalue weighted by atomic mass is 79.9. The maximum absolute atomic E-state index is 12.0. The van der Waals surface area contributed by atoms with Crippen LogP contribution in [0.15, 0.2) is 51.8 Å². The zero-order chi connectivity index (χ0) is 18.6. The summed E-state index contributed by atoms with van der Waals surface area (Å²) in [6, 6.07) is 11.5. The maximum atomic E-state index is 12.0. The van der Waals surface area contributed by atoms with Gasteiger partial charge in [0.15, 0.2) is 6.61 Å². The van der Waals surface area contributed by atoms with Gasteiger partial charge in [0, 0.05) is 24.3 Å². The average Bonchev–Trinajstić information content (AvgIpc) is 2.54. The number of hydrogen-bond acceptors (Lipinski definition) is 4. The van der Waals surface area contributed by atoms with E-state index >= 15 is 0 Å². The zero-order valence-electron chi connectivity index (χ0n) is 14.1. The van der Waals surface area contributed by atoms with Crippen molar-refractivity contribution >= 4 is 37.5 Å². The molecule has 0 spiro atoms. The van der Waals surface area contributed by atoms with Gasteiger partial charge in [0.2, 0.25) is 10.0 Å². The summed E-state index contributed by atoms with van der Waals surface area (Å²) in [6.45, 7) is 1.75. The highest BCUT2D eigenvalue weighted by Crippen LogP contribution is 2.22. The smallest absolute Gasteiger partial charge is 0.262 e. The molecule has 1 amide bonds. The van der Waals surface area contributed by atoms with Gasteiger partial charge in [-0.2, -0.15) is 0 Å². The number of sulfonamides is 1. The van der Waals surface area contributed by atoms with E-state index in [2.05, 4.69) is 21.2 Å². The van der Waals surface area contributed by atoms with Crippen LogP contribution in [-0.4, -0.2) is 39.3 Å². The van der Waals surface area contributed by atoms with E-state index in [1.165, 1.54) is 26.2 Å². The Kier molecular flexibility index (Phi) is 6.21. The van der Waals surface area contributed by atoms with Gasteiger partial charge in [-0.1, -0.05) is 15.9 Å². The fraction of sp³-hybridized carbons (Fsp3) is 0.235. The molecule has 0 fully saturated rings. The number of nitrogens with one attached hydrogen (secondary N) is 1. The summed E-state index contributed by atoms with van der Waals surface area (Å²) in [5.41, 5.74) is 1.42. The lowest BCUT2D eigenvalue weighted by Gasteiger charge is -2.12. The Bertz CT molecular complexity index is 865. The number of carbonyl (C=O) groups excluding carboxylic acids is 1. The number of nitrogens with zero attached hydrogens (tertiary/aromatic N) is 1. The van der Waals surface area contributed by atoms with Gasteiger partial charge in [-0.25, -0.2) is 12.7 Å². The van der Waals surface area contributed by atoms with Crippen LogP contribution in [0.1, 0.15) is 5.56 Å². The molecule has 0 saturated carbocycles. The lowest BCUT2D eigenvalue weighted by molar-refractivity contribution is -0.118. The summed E-state index contributed by atoms with van der Waals surface area (Å²) in [7, 11) is -0.555. The van der Waals surface area contributed by atoms with Crippen LogP contribution in [-0.2, 0) is 14.8 Å². The minimum Gasteiger partial charge on any atom is -0.483 e. The number of amides is 1. The van der Waals surface area contributed by atoms with Crippen molar-refractivity contribution in [1.29, 1.82) is 0 Å². The molecule has 0 saturated heterocycles. The van der Waals surface area contributed by atoms with Gasteiger partial charge in [-0.3, -0.25) is 4.79 Å². The van der Waals surface area contributed by atoms with Crippen LogP contribution in [0.25, 0.3) is 0 Å². The predicted molar refractivity (Wildman–Crippen MR) is 100 cm³/mol. The van der Waals surface area contributed by atoms with Gasteiger partial charge in [0.05, 0.1) is 4.90 Å².